The van der Waals surface area contributed by atoms with Gasteiger partial charge in [-0.25, -0.2) is 0 Å². The van der Waals surface area contributed by atoms with Gasteiger partial charge in [-0.2, -0.15) is 11.8 Å². The highest BCUT2D eigenvalue weighted by molar-refractivity contribution is 7.99. The Labute approximate surface area is 99.9 Å². The number of rotatable bonds is 0. The van der Waals surface area contributed by atoms with E-state index in [1.807, 2.05) is 0 Å². The minimum Gasteiger partial charge on any atom is -0.160 e. The Balaban J connectivity index is 3.18. The Morgan fingerprint density at radius 1 is 1.07 bits per heavy atom. The maximum atomic E-state index is 2.53. The molecule has 1 aliphatic heterocycles. The zero-order chi connectivity index (χ0) is 11.9. The van der Waals surface area contributed by atoms with Crippen molar-refractivity contribution in [2.24, 2.45) is 16.2 Å². The molecule has 0 unspecified atom stereocenters. The standard InChI is InChI=1S/C14H26S/c1-12(2,3)11-8-13(4,5)9-15-10-14(11,6)7/h8H,9-10H2,1-7H3. The fourth-order valence-corrected chi connectivity index (χ4v) is 3.88. The molecule has 0 aliphatic carbocycles. The summed E-state index contributed by atoms with van der Waals surface area (Å²) in [5, 5.41) is 0. The average molecular weight is 226 g/mol. The van der Waals surface area contributed by atoms with Gasteiger partial charge in [-0.1, -0.05) is 60.1 Å². The topological polar surface area (TPSA) is 0 Å². The van der Waals surface area contributed by atoms with Crippen LogP contribution in [0.5, 0.6) is 0 Å². The van der Waals surface area contributed by atoms with Gasteiger partial charge in [0.05, 0.1) is 0 Å². The number of hydrogen-bond acceptors (Lipinski definition) is 1. The van der Waals surface area contributed by atoms with E-state index < -0.39 is 0 Å². The summed E-state index contributed by atoms with van der Waals surface area (Å²) in [5.41, 5.74) is 2.62. The lowest BCUT2D eigenvalue weighted by Crippen LogP contribution is -2.27. The van der Waals surface area contributed by atoms with Gasteiger partial charge in [0.1, 0.15) is 0 Å². The van der Waals surface area contributed by atoms with Gasteiger partial charge < -0.3 is 0 Å². The summed E-state index contributed by atoms with van der Waals surface area (Å²) in [6.45, 7) is 16.5. The third-order valence-electron chi connectivity index (χ3n) is 3.01. The summed E-state index contributed by atoms with van der Waals surface area (Å²) in [7, 11) is 0. The third kappa shape index (κ3) is 3.27. The van der Waals surface area contributed by atoms with Crippen LogP contribution in [0.3, 0.4) is 0 Å². The van der Waals surface area contributed by atoms with E-state index in [9.17, 15) is 0 Å². The van der Waals surface area contributed by atoms with E-state index in [0.717, 1.165) is 0 Å². The van der Waals surface area contributed by atoms with Gasteiger partial charge in [-0.15, -0.1) is 0 Å². The van der Waals surface area contributed by atoms with Gasteiger partial charge in [-0.3, -0.25) is 0 Å². The fourth-order valence-electron chi connectivity index (χ4n) is 2.51. The molecule has 0 atom stereocenters. The minimum absolute atomic E-state index is 0.297. The van der Waals surface area contributed by atoms with Crippen molar-refractivity contribution in [1.29, 1.82) is 0 Å². The van der Waals surface area contributed by atoms with Gasteiger partial charge in [0.25, 0.3) is 0 Å². The van der Waals surface area contributed by atoms with Gasteiger partial charge >= 0.3 is 0 Å². The second-order valence-electron chi connectivity index (χ2n) is 7.17. The van der Waals surface area contributed by atoms with Crippen LogP contribution in [0.2, 0.25) is 0 Å². The van der Waals surface area contributed by atoms with Crippen LogP contribution in [-0.4, -0.2) is 11.5 Å². The second-order valence-corrected chi connectivity index (χ2v) is 8.16. The van der Waals surface area contributed by atoms with Crippen molar-refractivity contribution in [3.05, 3.63) is 11.6 Å². The molecule has 0 saturated carbocycles. The van der Waals surface area contributed by atoms with Crippen LogP contribution >= 0.6 is 11.8 Å². The van der Waals surface area contributed by atoms with Gasteiger partial charge in [-0.05, 0) is 16.2 Å². The quantitative estimate of drug-likeness (QED) is 0.537. The largest absolute Gasteiger partial charge is 0.160 e. The van der Waals surface area contributed by atoms with Gasteiger partial charge in [0.2, 0.25) is 0 Å². The van der Waals surface area contributed by atoms with Crippen LogP contribution in [0.25, 0.3) is 0 Å². The SMILES string of the molecule is CC1(C)C=C(C(C)(C)C)C(C)(C)CSC1. The Kier molecular flexibility index (Phi) is 3.36. The van der Waals surface area contributed by atoms with Crippen molar-refractivity contribution < 1.29 is 0 Å². The Morgan fingerprint density at radius 3 is 2.07 bits per heavy atom. The molecule has 1 heterocycles. The molecule has 0 bridgehead atoms. The maximum absolute atomic E-state index is 2.53. The zero-order valence-electron chi connectivity index (χ0n) is 11.4. The van der Waals surface area contributed by atoms with Crippen LogP contribution in [0.4, 0.5) is 0 Å². The van der Waals surface area contributed by atoms with E-state index in [4.69, 9.17) is 0 Å². The first-order valence-corrected chi connectivity index (χ1v) is 7.02. The first-order chi connectivity index (χ1) is 6.55. The predicted octanol–water partition coefficient (Wildman–Crippen LogP) is 4.76. The Morgan fingerprint density at radius 2 is 1.60 bits per heavy atom. The molecule has 0 radical (unpaired) electrons. The molecule has 0 aromatic rings. The molecule has 0 saturated heterocycles. The monoisotopic (exact) mass is 226 g/mol. The molecule has 1 rings (SSSR count). The highest BCUT2D eigenvalue weighted by Gasteiger charge is 2.36. The molecule has 88 valence electrons. The summed E-state index contributed by atoms with van der Waals surface area (Å²) in [6, 6.07) is 0. The van der Waals surface area contributed by atoms with E-state index in [1.54, 1.807) is 5.57 Å². The smallest absolute Gasteiger partial charge is 0.00218 e. The van der Waals surface area contributed by atoms with Crippen molar-refractivity contribution >= 4 is 11.8 Å². The van der Waals surface area contributed by atoms with E-state index in [-0.39, 0.29) is 0 Å². The first-order valence-electron chi connectivity index (χ1n) is 5.86. The molecular weight excluding hydrogens is 200 g/mol. The lowest BCUT2D eigenvalue weighted by atomic mass is 9.69. The lowest BCUT2D eigenvalue weighted by Gasteiger charge is -2.36. The minimum atomic E-state index is 0.297. The third-order valence-corrected chi connectivity index (χ3v) is 4.88. The van der Waals surface area contributed by atoms with Crippen molar-refractivity contribution in [2.75, 3.05) is 11.5 Å². The zero-order valence-corrected chi connectivity index (χ0v) is 12.2. The van der Waals surface area contributed by atoms with Crippen LogP contribution in [-0.2, 0) is 0 Å². The number of allylic oxidation sites excluding steroid dienone is 2. The van der Waals surface area contributed by atoms with Crippen molar-refractivity contribution in [3.8, 4) is 0 Å². The Hall–Kier alpha value is 0.0900. The van der Waals surface area contributed by atoms with Crippen LogP contribution in [0.15, 0.2) is 11.6 Å². The summed E-state index contributed by atoms with van der Waals surface area (Å²) in [5.74, 6) is 2.50. The van der Waals surface area contributed by atoms with Crippen molar-refractivity contribution in [1.82, 2.24) is 0 Å². The molecule has 0 aromatic carbocycles. The van der Waals surface area contributed by atoms with E-state index in [2.05, 4.69) is 66.3 Å². The molecule has 0 fully saturated rings. The summed E-state index contributed by atoms with van der Waals surface area (Å²) < 4.78 is 0. The summed E-state index contributed by atoms with van der Waals surface area (Å²) in [6.07, 6.45) is 2.53. The second kappa shape index (κ2) is 3.84. The van der Waals surface area contributed by atoms with E-state index in [1.165, 1.54) is 11.5 Å². The van der Waals surface area contributed by atoms with Crippen LogP contribution < -0.4 is 0 Å². The highest BCUT2D eigenvalue weighted by Crippen LogP contribution is 2.47. The predicted molar refractivity (Wildman–Crippen MR) is 72.4 cm³/mol. The molecule has 1 aliphatic rings. The maximum Gasteiger partial charge on any atom is 0.00218 e. The summed E-state index contributed by atoms with van der Waals surface area (Å²) >= 11 is 2.10. The van der Waals surface area contributed by atoms with E-state index in [0.29, 0.717) is 16.2 Å². The summed E-state index contributed by atoms with van der Waals surface area (Å²) in [4.78, 5) is 0. The molecule has 1 heteroatoms. The lowest BCUT2D eigenvalue weighted by molar-refractivity contribution is 0.359. The van der Waals surface area contributed by atoms with Crippen molar-refractivity contribution in [2.45, 2.75) is 48.5 Å². The highest BCUT2D eigenvalue weighted by atomic mass is 32.2. The number of thioether (sulfide) groups is 1. The molecular formula is C14H26S. The van der Waals surface area contributed by atoms with Gasteiger partial charge in [0, 0.05) is 11.5 Å². The van der Waals surface area contributed by atoms with Crippen LogP contribution in [0.1, 0.15) is 48.5 Å². The molecule has 0 amide bonds. The van der Waals surface area contributed by atoms with Crippen LogP contribution in [0, 0.1) is 16.2 Å². The van der Waals surface area contributed by atoms with E-state index >= 15 is 0 Å². The average Bonchev–Trinajstić information content (AvgIpc) is 2.06. The fraction of sp³-hybridized carbons (Fsp3) is 0.857. The Bertz CT molecular complexity index is 264. The number of hydrogen-bond donors (Lipinski definition) is 0. The first kappa shape index (κ1) is 13.2. The molecule has 0 nitrogen and oxygen atoms in total. The van der Waals surface area contributed by atoms with Crippen molar-refractivity contribution in [3.63, 3.8) is 0 Å². The normalized spacial score (nSPS) is 25.7. The van der Waals surface area contributed by atoms with Gasteiger partial charge in [0.15, 0.2) is 0 Å². The molecule has 15 heavy (non-hydrogen) atoms. The molecule has 0 aromatic heterocycles. The molecule has 0 N–H and O–H groups in total. The molecule has 0 spiro atoms.